The molecule has 1 aromatic heterocycles. The van der Waals surface area contributed by atoms with E-state index in [0.717, 1.165) is 33.7 Å². The number of nitrogens with zero attached hydrogens (tertiary/aromatic N) is 1. The molecule has 0 saturated heterocycles. The van der Waals surface area contributed by atoms with Gasteiger partial charge in [0.2, 0.25) is 0 Å². The Bertz CT molecular complexity index is 1080. The average molecular weight is 450 g/mol. The quantitative estimate of drug-likeness (QED) is 0.371. The average Bonchev–Trinajstić information content (AvgIpc) is 2.71. The van der Waals surface area contributed by atoms with Crippen molar-refractivity contribution in [1.82, 2.24) is 4.98 Å². The lowest BCUT2D eigenvalue weighted by molar-refractivity contribution is 0.409. The molecule has 0 unspecified atom stereocenters. The van der Waals surface area contributed by atoms with Gasteiger partial charge in [-0.25, -0.2) is 4.98 Å². The van der Waals surface area contributed by atoms with Gasteiger partial charge in [-0.3, -0.25) is 0 Å². The molecule has 0 aliphatic rings. The van der Waals surface area contributed by atoms with Gasteiger partial charge in [0.05, 0.1) is 12.8 Å². The van der Waals surface area contributed by atoms with Gasteiger partial charge < -0.3 is 4.74 Å². The van der Waals surface area contributed by atoms with Crippen LogP contribution in [0.2, 0.25) is 5.15 Å². The largest absolute Gasteiger partial charge is 0.496 e. The Morgan fingerprint density at radius 1 is 0.812 bits per heavy atom. The fraction of sp³-hybridized carbons (Fsp3) is 0.414. The fourth-order valence-electron chi connectivity index (χ4n) is 3.90. The van der Waals surface area contributed by atoms with Gasteiger partial charge in [0, 0.05) is 5.56 Å². The first kappa shape index (κ1) is 24.3. The van der Waals surface area contributed by atoms with Crippen molar-refractivity contribution in [2.75, 3.05) is 7.11 Å². The van der Waals surface area contributed by atoms with Crippen molar-refractivity contribution < 1.29 is 4.74 Å². The number of para-hydroxylation sites is 1. The second kappa shape index (κ2) is 8.90. The Morgan fingerprint density at radius 3 is 1.88 bits per heavy atom. The topological polar surface area (TPSA) is 22.1 Å². The fourth-order valence-corrected chi connectivity index (χ4v) is 4.11. The first-order valence-electron chi connectivity index (χ1n) is 11.3. The van der Waals surface area contributed by atoms with Gasteiger partial charge >= 0.3 is 0 Å². The molecule has 0 atom stereocenters. The molecular weight excluding hydrogens is 414 g/mol. The van der Waals surface area contributed by atoms with Gasteiger partial charge in [-0.2, -0.15) is 0 Å². The van der Waals surface area contributed by atoms with Gasteiger partial charge in [-0.05, 0) is 62.8 Å². The summed E-state index contributed by atoms with van der Waals surface area (Å²) in [5.74, 6) is 1.21. The number of aromatic nitrogens is 1. The van der Waals surface area contributed by atoms with Gasteiger partial charge in [0.15, 0.2) is 0 Å². The minimum absolute atomic E-state index is 0.0461. The summed E-state index contributed by atoms with van der Waals surface area (Å²) in [6, 6.07) is 17.2. The van der Waals surface area contributed by atoms with Crippen LogP contribution in [-0.4, -0.2) is 12.1 Å². The number of rotatable bonds is 4. The predicted molar refractivity (Wildman–Crippen MR) is 138 cm³/mol. The molecule has 0 bridgehead atoms. The molecule has 32 heavy (non-hydrogen) atoms. The van der Waals surface area contributed by atoms with E-state index in [-0.39, 0.29) is 10.8 Å². The number of hydrogen-bond acceptors (Lipinski definition) is 2. The standard InChI is InChI=1S/C29H36ClNO/c1-18(2)23-11-10-12-24(27(23)32-9)25-15-20(16-26(30)31-25)19-13-21(28(3,4)5)17-22(14-19)29(6,7)8/h10-18H,1-9H3. The van der Waals surface area contributed by atoms with Crippen LogP contribution in [0.4, 0.5) is 0 Å². The molecule has 3 heteroatoms. The van der Waals surface area contributed by atoms with Crippen molar-refractivity contribution in [3.63, 3.8) is 0 Å². The third-order valence-electron chi connectivity index (χ3n) is 5.94. The number of ether oxygens (including phenoxy) is 1. The van der Waals surface area contributed by atoms with Gasteiger partial charge in [-0.15, -0.1) is 0 Å². The molecule has 2 aromatic carbocycles. The van der Waals surface area contributed by atoms with Gasteiger partial charge in [0.25, 0.3) is 0 Å². The van der Waals surface area contributed by atoms with E-state index in [1.54, 1.807) is 7.11 Å². The summed E-state index contributed by atoms with van der Waals surface area (Å²) < 4.78 is 5.82. The van der Waals surface area contributed by atoms with Crippen molar-refractivity contribution in [1.29, 1.82) is 0 Å². The molecule has 3 rings (SSSR count). The molecule has 0 amide bonds. The molecule has 170 valence electrons. The SMILES string of the molecule is COc1c(-c2cc(-c3cc(C(C)(C)C)cc(C(C)(C)C)c3)cc(Cl)n2)cccc1C(C)C. The van der Waals surface area contributed by atoms with Crippen molar-refractivity contribution in [2.24, 2.45) is 0 Å². The zero-order valence-corrected chi connectivity index (χ0v) is 21.7. The second-order valence-corrected chi connectivity index (χ2v) is 11.3. The number of halogens is 1. The van der Waals surface area contributed by atoms with Crippen LogP contribution in [0.25, 0.3) is 22.4 Å². The first-order chi connectivity index (χ1) is 14.8. The van der Waals surface area contributed by atoms with Crippen LogP contribution in [0, 0.1) is 0 Å². The second-order valence-electron chi connectivity index (χ2n) is 10.9. The Balaban J connectivity index is 2.25. The molecule has 0 aliphatic heterocycles. The van der Waals surface area contributed by atoms with E-state index in [9.17, 15) is 0 Å². The highest BCUT2D eigenvalue weighted by Gasteiger charge is 2.22. The Kier molecular flexibility index (Phi) is 6.77. The highest BCUT2D eigenvalue weighted by atomic mass is 35.5. The third kappa shape index (κ3) is 5.18. The number of pyridine rings is 1. The molecule has 0 spiro atoms. The monoisotopic (exact) mass is 449 g/mol. The first-order valence-corrected chi connectivity index (χ1v) is 11.7. The van der Waals surface area contributed by atoms with E-state index in [2.05, 4.69) is 103 Å². The maximum atomic E-state index is 6.56. The van der Waals surface area contributed by atoms with Crippen LogP contribution < -0.4 is 4.74 Å². The minimum atomic E-state index is 0.0461. The maximum absolute atomic E-state index is 6.56. The number of hydrogen-bond donors (Lipinski definition) is 0. The molecule has 3 aromatic rings. The molecule has 0 aliphatic carbocycles. The van der Waals surface area contributed by atoms with E-state index >= 15 is 0 Å². The maximum Gasteiger partial charge on any atom is 0.131 e. The van der Waals surface area contributed by atoms with Crippen molar-refractivity contribution in [3.8, 4) is 28.1 Å². The van der Waals surface area contributed by atoms with E-state index in [0.29, 0.717) is 11.1 Å². The molecule has 0 N–H and O–H groups in total. The summed E-state index contributed by atoms with van der Waals surface area (Å²) in [7, 11) is 1.72. The Hall–Kier alpha value is -2.32. The predicted octanol–water partition coefficient (Wildman–Crippen LogP) is 8.80. The molecular formula is C29H36ClNO. The molecule has 2 nitrogen and oxygen atoms in total. The zero-order chi connectivity index (χ0) is 23.8. The normalized spacial score (nSPS) is 12.3. The lowest BCUT2D eigenvalue weighted by Gasteiger charge is -2.26. The van der Waals surface area contributed by atoms with Crippen molar-refractivity contribution >= 4 is 11.6 Å². The minimum Gasteiger partial charge on any atom is -0.496 e. The van der Waals surface area contributed by atoms with E-state index in [1.807, 2.05) is 6.07 Å². The van der Waals surface area contributed by atoms with Crippen LogP contribution in [0.1, 0.15) is 78.0 Å². The number of benzene rings is 2. The summed E-state index contributed by atoms with van der Waals surface area (Å²) in [5.41, 5.74) is 7.89. The van der Waals surface area contributed by atoms with Crippen LogP contribution in [-0.2, 0) is 10.8 Å². The number of methoxy groups -OCH3 is 1. The van der Waals surface area contributed by atoms with Crippen LogP contribution in [0.15, 0.2) is 48.5 Å². The van der Waals surface area contributed by atoms with E-state index < -0.39 is 0 Å². The summed E-state index contributed by atoms with van der Waals surface area (Å²) in [4.78, 5) is 4.67. The lowest BCUT2D eigenvalue weighted by atomic mass is 9.79. The zero-order valence-electron chi connectivity index (χ0n) is 20.9. The smallest absolute Gasteiger partial charge is 0.131 e. The van der Waals surface area contributed by atoms with Crippen molar-refractivity contribution in [3.05, 3.63) is 70.4 Å². The molecule has 1 heterocycles. The van der Waals surface area contributed by atoms with Gasteiger partial charge in [-0.1, -0.05) is 97.3 Å². The summed E-state index contributed by atoms with van der Waals surface area (Å²) in [6.07, 6.45) is 0. The highest BCUT2D eigenvalue weighted by Crippen LogP contribution is 2.39. The Morgan fingerprint density at radius 2 is 1.38 bits per heavy atom. The lowest BCUT2D eigenvalue weighted by Crippen LogP contribution is -2.16. The molecule has 0 fully saturated rings. The highest BCUT2D eigenvalue weighted by molar-refractivity contribution is 6.29. The Labute approximate surface area is 199 Å². The van der Waals surface area contributed by atoms with Crippen molar-refractivity contribution in [2.45, 2.75) is 72.1 Å². The summed E-state index contributed by atoms with van der Waals surface area (Å²) >= 11 is 6.56. The van der Waals surface area contributed by atoms with E-state index in [1.165, 1.54) is 11.1 Å². The molecule has 0 radical (unpaired) electrons. The van der Waals surface area contributed by atoms with Crippen LogP contribution in [0.5, 0.6) is 5.75 Å². The summed E-state index contributed by atoms with van der Waals surface area (Å²) in [6.45, 7) is 17.9. The van der Waals surface area contributed by atoms with Crippen LogP contribution in [0.3, 0.4) is 0 Å². The summed E-state index contributed by atoms with van der Waals surface area (Å²) in [5, 5.41) is 0.480. The van der Waals surface area contributed by atoms with E-state index in [4.69, 9.17) is 16.3 Å². The molecule has 0 saturated carbocycles. The van der Waals surface area contributed by atoms with Gasteiger partial charge in [0.1, 0.15) is 10.9 Å². The van der Waals surface area contributed by atoms with Crippen LogP contribution >= 0.6 is 11.6 Å². The third-order valence-corrected chi connectivity index (χ3v) is 6.13.